The van der Waals surface area contributed by atoms with Crippen LogP contribution < -0.4 is 4.74 Å². The normalized spacial score (nSPS) is 14.7. The molecule has 4 nitrogen and oxygen atoms in total. The van der Waals surface area contributed by atoms with E-state index in [4.69, 9.17) is 4.74 Å². The lowest BCUT2D eigenvalue weighted by Gasteiger charge is -2.27. The number of benzene rings is 1. The van der Waals surface area contributed by atoms with E-state index in [0.717, 1.165) is 28.3 Å². The Kier molecular flexibility index (Phi) is 5.07. The molecule has 0 unspecified atom stereocenters. The standard InChI is InChI=1S/C20H18F3N3OS/c1-27-17-5-3-2-4-15(17)18-7-6-14(28-18)12-26-9-8-16-13(11-26)10-24-19(25-16)20(21,22)23/h2-7,10H,8-9,11-12H2,1H3. The van der Waals surface area contributed by atoms with Gasteiger partial charge in [0.2, 0.25) is 5.82 Å². The Bertz CT molecular complexity index is 987. The van der Waals surface area contributed by atoms with Gasteiger partial charge in [0.05, 0.1) is 12.8 Å². The van der Waals surface area contributed by atoms with Gasteiger partial charge in [-0.2, -0.15) is 13.2 Å². The summed E-state index contributed by atoms with van der Waals surface area (Å²) in [6.07, 6.45) is -2.70. The number of hydrogen-bond donors (Lipinski definition) is 0. The number of para-hydroxylation sites is 1. The van der Waals surface area contributed by atoms with Gasteiger partial charge in [-0.1, -0.05) is 12.1 Å². The van der Waals surface area contributed by atoms with E-state index in [1.54, 1.807) is 18.4 Å². The van der Waals surface area contributed by atoms with Crippen LogP contribution in [0.3, 0.4) is 0 Å². The molecule has 0 bridgehead atoms. The van der Waals surface area contributed by atoms with E-state index >= 15 is 0 Å². The molecule has 0 atom stereocenters. The molecule has 0 spiro atoms. The molecule has 0 saturated carbocycles. The van der Waals surface area contributed by atoms with Gasteiger partial charge in [0.1, 0.15) is 5.75 Å². The van der Waals surface area contributed by atoms with Crippen molar-refractivity contribution < 1.29 is 17.9 Å². The Hall–Kier alpha value is -2.45. The lowest BCUT2D eigenvalue weighted by Crippen LogP contribution is -2.31. The average Bonchev–Trinajstić information content (AvgIpc) is 3.15. The number of ether oxygens (including phenoxy) is 1. The van der Waals surface area contributed by atoms with Crippen molar-refractivity contribution in [3.05, 3.63) is 64.6 Å². The van der Waals surface area contributed by atoms with E-state index in [-0.39, 0.29) is 0 Å². The SMILES string of the molecule is COc1ccccc1-c1ccc(CN2CCc3nc(C(F)(F)F)ncc3C2)s1. The Morgan fingerprint density at radius 1 is 1.18 bits per heavy atom. The van der Waals surface area contributed by atoms with E-state index < -0.39 is 12.0 Å². The fraction of sp³-hybridized carbons (Fsp3) is 0.300. The van der Waals surface area contributed by atoms with Gasteiger partial charge < -0.3 is 4.74 Å². The summed E-state index contributed by atoms with van der Waals surface area (Å²) in [6, 6.07) is 12.1. The fourth-order valence-electron chi connectivity index (χ4n) is 3.32. The topological polar surface area (TPSA) is 38.2 Å². The third-order valence-corrected chi connectivity index (χ3v) is 5.78. The molecule has 146 valence electrons. The lowest BCUT2D eigenvalue weighted by atomic mass is 10.1. The lowest BCUT2D eigenvalue weighted by molar-refractivity contribution is -0.145. The Balaban J connectivity index is 1.47. The van der Waals surface area contributed by atoms with Crippen LogP contribution in [0.2, 0.25) is 0 Å². The van der Waals surface area contributed by atoms with Crippen molar-refractivity contribution in [1.29, 1.82) is 0 Å². The summed E-state index contributed by atoms with van der Waals surface area (Å²) in [5, 5.41) is 0. The monoisotopic (exact) mass is 405 g/mol. The first kappa shape index (κ1) is 18.9. The second-order valence-corrected chi connectivity index (χ2v) is 7.76. The van der Waals surface area contributed by atoms with Gasteiger partial charge in [-0.3, -0.25) is 4.90 Å². The van der Waals surface area contributed by atoms with Crippen molar-refractivity contribution in [3.63, 3.8) is 0 Å². The summed E-state index contributed by atoms with van der Waals surface area (Å²) in [5.41, 5.74) is 2.32. The Morgan fingerprint density at radius 2 is 2.00 bits per heavy atom. The van der Waals surface area contributed by atoms with Crippen LogP contribution in [-0.4, -0.2) is 28.5 Å². The van der Waals surface area contributed by atoms with Gasteiger partial charge in [0.25, 0.3) is 0 Å². The van der Waals surface area contributed by atoms with Gasteiger partial charge in [-0.05, 0) is 24.3 Å². The van der Waals surface area contributed by atoms with Crippen LogP contribution in [0.25, 0.3) is 10.4 Å². The second-order valence-electron chi connectivity index (χ2n) is 6.59. The Labute approximate surface area is 164 Å². The smallest absolute Gasteiger partial charge is 0.451 e. The Morgan fingerprint density at radius 3 is 2.79 bits per heavy atom. The number of hydrogen-bond acceptors (Lipinski definition) is 5. The summed E-state index contributed by atoms with van der Waals surface area (Å²) < 4.78 is 43.8. The number of halogens is 3. The van der Waals surface area contributed by atoms with Crippen LogP contribution in [0, 0.1) is 0 Å². The first-order valence-corrected chi connectivity index (χ1v) is 9.62. The molecular formula is C20H18F3N3OS. The van der Waals surface area contributed by atoms with Crippen LogP contribution >= 0.6 is 11.3 Å². The number of thiophene rings is 1. The van der Waals surface area contributed by atoms with Crippen molar-refractivity contribution in [2.75, 3.05) is 13.7 Å². The summed E-state index contributed by atoms with van der Waals surface area (Å²) >= 11 is 1.69. The number of alkyl halides is 3. The molecule has 0 amide bonds. The summed E-state index contributed by atoms with van der Waals surface area (Å²) in [7, 11) is 1.66. The zero-order chi connectivity index (χ0) is 19.7. The number of methoxy groups -OCH3 is 1. The molecule has 2 aromatic heterocycles. The van der Waals surface area contributed by atoms with Crippen LogP contribution in [0.5, 0.6) is 5.75 Å². The highest BCUT2D eigenvalue weighted by Gasteiger charge is 2.35. The minimum atomic E-state index is -4.50. The zero-order valence-corrected chi connectivity index (χ0v) is 16.0. The molecule has 1 aliphatic heterocycles. The predicted molar refractivity (Wildman–Crippen MR) is 101 cm³/mol. The van der Waals surface area contributed by atoms with E-state index in [2.05, 4.69) is 27.0 Å². The first-order chi connectivity index (χ1) is 13.4. The van der Waals surface area contributed by atoms with Crippen LogP contribution in [0.4, 0.5) is 13.2 Å². The van der Waals surface area contributed by atoms with Gasteiger partial charge in [0.15, 0.2) is 0 Å². The highest BCUT2D eigenvalue weighted by Crippen LogP contribution is 2.35. The largest absolute Gasteiger partial charge is 0.496 e. The van der Waals surface area contributed by atoms with Crippen molar-refractivity contribution in [1.82, 2.24) is 14.9 Å². The molecule has 8 heteroatoms. The number of aromatic nitrogens is 2. The van der Waals surface area contributed by atoms with Gasteiger partial charge >= 0.3 is 6.18 Å². The van der Waals surface area contributed by atoms with Crippen molar-refractivity contribution in [2.24, 2.45) is 0 Å². The predicted octanol–water partition coefficient (Wildman–Crippen LogP) is 4.79. The highest BCUT2D eigenvalue weighted by molar-refractivity contribution is 7.15. The molecule has 0 saturated heterocycles. The molecule has 0 N–H and O–H groups in total. The second kappa shape index (κ2) is 7.52. The highest BCUT2D eigenvalue weighted by atomic mass is 32.1. The number of nitrogens with zero attached hydrogens (tertiary/aromatic N) is 3. The maximum atomic E-state index is 12.8. The molecule has 1 aliphatic rings. The summed E-state index contributed by atoms with van der Waals surface area (Å²) in [5.74, 6) is -0.222. The van der Waals surface area contributed by atoms with Crippen molar-refractivity contribution >= 4 is 11.3 Å². The third-order valence-electron chi connectivity index (χ3n) is 4.68. The molecule has 1 aromatic carbocycles. The maximum Gasteiger partial charge on any atom is 0.451 e. The minimum Gasteiger partial charge on any atom is -0.496 e. The molecule has 4 rings (SSSR count). The molecular weight excluding hydrogens is 387 g/mol. The average molecular weight is 405 g/mol. The fourth-order valence-corrected chi connectivity index (χ4v) is 4.40. The quantitative estimate of drug-likeness (QED) is 0.626. The van der Waals surface area contributed by atoms with E-state index in [0.29, 0.717) is 25.2 Å². The number of fused-ring (bicyclic) bond motifs is 1. The third kappa shape index (κ3) is 3.88. The molecule has 0 fully saturated rings. The van der Waals surface area contributed by atoms with E-state index in [1.165, 1.54) is 11.1 Å². The number of rotatable bonds is 4. The van der Waals surface area contributed by atoms with Gasteiger partial charge in [0, 0.05) is 53.1 Å². The minimum absolute atomic E-state index is 0.492. The van der Waals surface area contributed by atoms with Gasteiger partial charge in [-0.15, -0.1) is 11.3 Å². The van der Waals surface area contributed by atoms with Crippen molar-refractivity contribution in [3.8, 4) is 16.2 Å². The molecule has 3 aromatic rings. The van der Waals surface area contributed by atoms with Gasteiger partial charge in [-0.25, -0.2) is 9.97 Å². The van der Waals surface area contributed by atoms with Crippen LogP contribution in [0.1, 0.15) is 22.0 Å². The molecule has 0 aliphatic carbocycles. The zero-order valence-electron chi connectivity index (χ0n) is 15.2. The van der Waals surface area contributed by atoms with E-state index in [9.17, 15) is 13.2 Å². The maximum absolute atomic E-state index is 12.8. The van der Waals surface area contributed by atoms with Crippen LogP contribution in [0.15, 0.2) is 42.6 Å². The van der Waals surface area contributed by atoms with E-state index in [1.807, 2.05) is 24.3 Å². The first-order valence-electron chi connectivity index (χ1n) is 8.80. The molecule has 3 heterocycles. The van der Waals surface area contributed by atoms with Crippen molar-refractivity contribution in [2.45, 2.75) is 25.7 Å². The summed E-state index contributed by atoms with van der Waals surface area (Å²) in [4.78, 5) is 11.7. The summed E-state index contributed by atoms with van der Waals surface area (Å²) in [6.45, 7) is 1.96. The molecule has 28 heavy (non-hydrogen) atoms. The van der Waals surface area contributed by atoms with Crippen LogP contribution in [-0.2, 0) is 25.7 Å². The molecule has 0 radical (unpaired) electrons.